The minimum atomic E-state index is -3.62. The zero-order valence-electron chi connectivity index (χ0n) is 22.2. The number of thiazole rings is 1. The van der Waals surface area contributed by atoms with E-state index in [9.17, 15) is 13.2 Å². The molecule has 9 nitrogen and oxygen atoms in total. The molecule has 2 heterocycles. The summed E-state index contributed by atoms with van der Waals surface area (Å²) in [6.07, 6.45) is 2.47. The Labute approximate surface area is 234 Å². The van der Waals surface area contributed by atoms with Gasteiger partial charge in [0, 0.05) is 37.3 Å². The second-order valence-electron chi connectivity index (χ2n) is 9.16. The molecule has 0 saturated heterocycles. The number of rotatable bonds is 12. The minimum Gasteiger partial charge on any atom is -0.454 e. The van der Waals surface area contributed by atoms with E-state index in [2.05, 4.69) is 4.90 Å². The van der Waals surface area contributed by atoms with Gasteiger partial charge in [-0.25, -0.2) is 13.4 Å². The number of sulfonamides is 1. The van der Waals surface area contributed by atoms with Crippen molar-refractivity contribution in [2.75, 3.05) is 52.0 Å². The Bertz CT molecular complexity index is 1300. The van der Waals surface area contributed by atoms with Crippen LogP contribution in [0.25, 0.3) is 10.2 Å². The average Bonchev–Trinajstić information content (AvgIpc) is 3.50. The van der Waals surface area contributed by atoms with Gasteiger partial charge in [0.15, 0.2) is 16.6 Å². The first-order chi connectivity index (χ1) is 17.7. The molecule has 0 aliphatic carbocycles. The standard InChI is InChI=1S/C26H34N4O5S2.ClH/c1-5-7-14-29(6-2)37(32,33)20-11-9-19(10-12-20)25(31)30(15-8-13-28(3)4)26-27-21-16-22-23(35-18-34-22)17-24(21)36-26;/h9-12,16-17H,5-8,13-15,18H2,1-4H3;1H. The molecule has 0 atom stereocenters. The lowest BCUT2D eigenvalue weighted by Crippen LogP contribution is -2.34. The van der Waals surface area contributed by atoms with Gasteiger partial charge in [-0.2, -0.15) is 4.31 Å². The van der Waals surface area contributed by atoms with E-state index >= 15 is 0 Å². The number of aromatic nitrogens is 1. The molecule has 1 aromatic heterocycles. The highest BCUT2D eigenvalue weighted by atomic mass is 35.5. The van der Waals surface area contributed by atoms with Crippen LogP contribution in [0, 0.1) is 0 Å². The summed E-state index contributed by atoms with van der Waals surface area (Å²) < 4.78 is 39.5. The first-order valence-corrected chi connectivity index (χ1v) is 14.8. The number of carbonyl (C=O) groups excluding carboxylic acids is 1. The van der Waals surface area contributed by atoms with E-state index in [1.54, 1.807) is 17.0 Å². The number of carbonyl (C=O) groups is 1. The topological polar surface area (TPSA) is 92.3 Å². The van der Waals surface area contributed by atoms with Gasteiger partial charge in [-0.05, 0) is 57.7 Å². The maximum atomic E-state index is 13.7. The number of anilines is 1. The Hall–Kier alpha value is -2.44. The van der Waals surface area contributed by atoms with E-state index in [0.717, 1.165) is 36.0 Å². The van der Waals surface area contributed by atoms with Crippen molar-refractivity contribution >= 4 is 55.0 Å². The number of hydrogen-bond acceptors (Lipinski definition) is 8. The zero-order valence-corrected chi connectivity index (χ0v) is 24.6. The zero-order chi connectivity index (χ0) is 26.6. The second kappa shape index (κ2) is 13.1. The summed E-state index contributed by atoms with van der Waals surface area (Å²) in [5, 5.41) is 0.579. The number of fused-ring (bicyclic) bond motifs is 2. The number of nitrogens with zero attached hydrogens (tertiary/aromatic N) is 4. The van der Waals surface area contributed by atoms with Crippen molar-refractivity contribution in [2.45, 2.75) is 38.0 Å². The summed E-state index contributed by atoms with van der Waals surface area (Å²) >= 11 is 1.42. The Morgan fingerprint density at radius 1 is 1.00 bits per heavy atom. The predicted octanol–water partition coefficient (Wildman–Crippen LogP) is 4.86. The van der Waals surface area contributed by atoms with E-state index in [0.29, 0.717) is 41.8 Å². The van der Waals surface area contributed by atoms with Gasteiger partial charge in [0.2, 0.25) is 16.8 Å². The van der Waals surface area contributed by atoms with Crippen molar-refractivity contribution in [2.24, 2.45) is 0 Å². The smallest absolute Gasteiger partial charge is 0.260 e. The van der Waals surface area contributed by atoms with Gasteiger partial charge in [-0.3, -0.25) is 9.69 Å². The maximum Gasteiger partial charge on any atom is 0.260 e. The number of ether oxygens (including phenoxy) is 2. The molecule has 3 aromatic rings. The van der Waals surface area contributed by atoms with Crippen LogP contribution < -0.4 is 14.4 Å². The fraction of sp³-hybridized carbons (Fsp3) is 0.462. The molecule has 0 saturated carbocycles. The summed E-state index contributed by atoms with van der Waals surface area (Å²) in [5.41, 5.74) is 1.15. The van der Waals surface area contributed by atoms with Crippen molar-refractivity contribution in [3.63, 3.8) is 0 Å². The molecular weight excluding hydrogens is 548 g/mol. The Balaban J connectivity index is 0.00000400. The molecule has 4 rings (SSSR count). The van der Waals surface area contributed by atoms with Gasteiger partial charge < -0.3 is 14.4 Å². The first kappa shape index (κ1) is 30.1. The quantitative estimate of drug-likeness (QED) is 0.301. The van der Waals surface area contributed by atoms with Crippen LogP contribution in [0.2, 0.25) is 0 Å². The third-order valence-corrected chi connectivity index (χ3v) is 9.22. The third kappa shape index (κ3) is 6.58. The lowest BCUT2D eigenvalue weighted by molar-refractivity contribution is 0.0986. The summed E-state index contributed by atoms with van der Waals surface area (Å²) in [6.45, 7) is 6.23. The van der Waals surface area contributed by atoms with Gasteiger partial charge >= 0.3 is 0 Å². The third-order valence-electron chi connectivity index (χ3n) is 6.19. The van der Waals surface area contributed by atoms with Crippen molar-refractivity contribution in [3.05, 3.63) is 42.0 Å². The van der Waals surface area contributed by atoms with Gasteiger partial charge in [0.1, 0.15) is 0 Å². The monoisotopic (exact) mass is 582 g/mol. The molecule has 0 unspecified atom stereocenters. The van der Waals surface area contributed by atoms with Crippen molar-refractivity contribution in [1.82, 2.24) is 14.2 Å². The van der Waals surface area contributed by atoms with Crippen LogP contribution in [-0.2, 0) is 10.0 Å². The fourth-order valence-electron chi connectivity index (χ4n) is 4.11. The largest absolute Gasteiger partial charge is 0.454 e. The molecule has 1 amide bonds. The number of unbranched alkanes of at least 4 members (excludes halogenated alkanes) is 1. The molecule has 0 N–H and O–H groups in total. The predicted molar refractivity (Wildman–Crippen MR) is 154 cm³/mol. The van der Waals surface area contributed by atoms with Crippen LogP contribution in [0.15, 0.2) is 41.3 Å². The Kier molecular flexibility index (Phi) is 10.4. The molecule has 38 heavy (non-hydrogen) atoms. The summed E-state index contributed by atoms with van der Waals surface area (Å²) in [7, 11) is 0.366. The molecule has 0 spiro atoms. The molecule has 12 heteroatoms. The van der Waals surface area contributed by atoms with Gasteiger partial charge in [0.25, 0.3) is 5.91 Å². The highest BCUT2D eigenvalue weighted by molar-refractivity contribution is 7.89. The number of amides is 1. The van der Waals surface area contributed by atoms with Crippen molar-refractivity contribution in [3.8, 4) is 11.5 Å². The minimum absolute atomic E-state index is 0. The SMILES string of the molecule is CCCCN(CC)S(=O)(=O)c1ccc(C(=O)N(CCCN(C)C)c2nc3cc4c(cc3s2)OCO4)cc1.Cl. The van der Waals surface area contributed by atoms with Crippen LogP contribution in [0.5, 0.6) is 11.5 Å². The van der Waals surface area contributed by atoms with Crippen LogP contribution in [-0.4, -0.2) is 75.6 Å². The van der Waals surface area contributed by atoms with E-state index in [-0.39, 0.29) is 30.0 Å². The summed E-state index contributed by atoms with van der Waals surface area (Å²) in [4.78, 5) is 22.3. The molecule has 0 radical (unpaired) electrons. The fourth-order valence-corrected chi connectivity index (χ4v) is 6.60. The number of benzene rings is 2. The first-order valence-electron chi connectivity index (χ1n) is 12.5. The van der Waals surface area contributed by atoms with Gasteiger partial charge in [0.05, 0.1) is 15.1 Å². The molecule has 1 aliphatic rings. The highest BCUT2D eigenvalue weighted by Crippen LogP contribution is 2.40. The molecule has 208 valence electrons. The maximum absolute atomic E-state index is 13.7. The van der Waals surface area contributed by atoms with Crippen LogP contribution in [0.3, 0.4) is 0 Å². The van der Waals surface area contributed by atoms with E-state index in [1.807, 2.05) is 40.1 Å². The lowest BCUT2D eigenvalue weighted by atomic mass is 10.2. The van der Waals surface area contributed by atoms with E-state index in [1.165, 1.54) is 27.8 Å². The molecular formula is C26H35ClN4O5S2. The van der Waals surface area contributed by atoms with Crippen molar-refractivity contribution in [1.29, 1.82) is 0 Å². The molecule has 0 bridgehead atoms. The Morgan fingerprint density at radius 2 is 1.68 bits per heavy atom. The highest BCUT2D eigenvalue weighted by Gasteiger charge is 2.26. The normalized spacial score (nSPS) is 12.8. The van der Waals surface area contributed by atoms with Crippen LogP contribution >= 0.6 is 23.7 Å². The molecule has 2 aromatic carbocycles. The Morgan fingerprint density at radius 3 is 2.32 bits per heavy atom. The summed E-state index contributed by atoms with van der Waals surface area (Å²) in [5.74, 6) is 1.09. The van der Waals surface area contributed by atoms with Crippen LogP contribution in [0.4, 0.5) is 5.13 Å². The second-order valence-corrected chi connectivity index (χ2v) is 12.1. The van der Waals surface area contributed by atoms with E-state index < -0.39 is 10.0 Å². The van der Waals surface area contributed by atoms with E-state index in [4.69, 9.17) is 14.5 Å². The van der Waals surface area contributed by atoms with Crippen LogP contribution in [0.1, 0.15) is 43.5 Å². The summed E-state index contributed by atoms with van der Waals surface area (Å²) in [6, 6.07) is 9.94. The lowest BCUT2D eigenvalue weighted by Gasteiger charge is -2.22. The molecule has 1 aliphatic heterocycles. The molecule has 0 fully saturated rings. The number of halogens is 1. The average molecular weight is 583 g/mol. The number of hydrogen-bond donors (Lipinski definition) is 0. The van der Waals surface area contributed by atoms with Crippen molar-refractivity contribution < 1.29 is 22.7 Å². The van der Waals surface area contributed by atoms with Gasteiger partial charge in [-0.15, -0.1) is 12.4 Å². The van der Waals surface area contributed by atoms with Gasteiger partial charge in [-0.1, -0.05) is 31.6 Å².